The van der Waals surface area contributed by atoms with Crippen molar-refractivity contribution in [3.63, 3.8) is 0 Å². The molecule has 0 aliphatic carbocycles. The number of nitrogens with two attached hydrogens (primary N) is 1. The van der Waals surface area contributed by atoms with Gasteiger partial charge in [-0.15, -0.1) is 10.2 Å². The van der Waals surface area contributed by atoms with E-state index in [-0.39, 0.29) is 110 Å². The number of nitrogens with one attached hydrogen (secondary N) is 4. The lowest BCUT2D eigenvalue weighted by molar-refractivity contribution is -0.169. The van der Waals surface area contributed by atoms with Crippen LogP contribution in [-0.2, 0) is 62.2 Å². The van der Waals surface area contributed by atoms with Gasteiger partial charge in [0.25, 0.3) is 29.5 Å². The molecule has 40 nitrogen and oxygen atoms in total. The van der Waals surface area contributed by atoms with Gasteiger partial charge in [-0.1, -0.05) is 51.9 Å². The number of ether oxygens (including phenoxy) is 2. The molecule has 11 heterocycles. The van der Waals surface area contributed by atoms with Gasteiger partial charge in [-0.2, -0.15) is 9.97 Å². The minimum Gasteiger partial charge on any atom is -0.444 e. The summed E-state index contributed by atoms with van der Waals surface area (Å²) in [5.74, 6) is -3.43. The first-order chi connectivity index (χ1) is 51.4. The molecule has 8 fully saturated rings. The van der Waals surface area contributed by atoms with Gasteiger partial charge in [-0.25, -0.2) is 9.59 Å². The minimum atomic E-state index is -1.21. The van der Waals surface area contributed by atoms with E-state index in [0.29, 0.717) is 83.7 Å². The number of aromatic nitrogens is 6. The highest BCUT2D eigenvalue weighted by molar-refractivity contribution is 6.02. The second-order valence-electron chi connectivity index (χ2n) is 32.1. The first-order valence-corrected chi connectivity index (χ1v) is 37.0. The molecular weight excluding hydrogens is 1440 g/mol. The standard InChI is InChI=1S/2C18H27N5O6.C18H27N5O4.C16H26N4O5/c1-11(24)13(14-21-19-10-28-14)20-12(25)8-22-9-18(15(22)26)6-5-7-23(18)16(27)29-17(2,3)4;1-11(24)13(14-19-10-20-29-14)21-12(25)8-22-9-18(15(22)26)6-5-7-23(18)16(27)28-17(2,3)4;1-11(2)14(15-19-10-20-27-15)21-13(24)8-22-9-18(17(22)26)6-5-7-23(18)16(25)12(3)4;1-9(2)14(24)20-6-4-5-16(20)8-19(15(16)25)7-11(22)18-12(10(3)21)13(17)23/h10-11,13,24H,5-9H2,1-4H3,(H,20,25);10-11,13,24H,5-9H2,1-4H3,(H,21,25);10-12,14H,5-9H2,1-4H3,(H,21,24);9-10,12,21H,4-8H2,1-3H3,(H2,17,23)(H,18,22). The van der Waals surface area contributed by atoms with Crippen LogP contribution in [0.4, 0.5) is 9.59 Å². The lowest BCUT2D eigenvalue weighted by atomic mass is 9.85. The highest BCUT2D eigenvalue weighted by atomic mass is 16.6. The summed E-state index contributed by atoms with van der Waals surface area (Å²) in [5.41, 5.74) is 0.384. The van der Waals surface area contributed by atoms with Crippen LogP contribution in [0.15, 0.2) is 32.5 Å². The van der Waals surface area contributed by atoms with Gasteiger partial charge in [0, 0.05) is 38.0 Å². The Bertz CT molecular complexity index is 3690. The summed E-state index contributed by atoms with van der Waals surface area (Å²) in [6.45, 7) is 28.7. The zero-order valence-corrected chi connectivity index (χ0v) is 65.2. The van der Waals surface area contributed by atoms with Crippen molar-refractivity contribution in [3.05, 3.63) is 36.7 Å². The first-order valence-electron chi connectivity index (χ1n) is 37.0. The molecule has 608 valence electrons. The second-order valence-corrected chi connectivity index (χ2v) is 32.1. The topological polar surface area (TPSA) is 518 Å². The quantitative estimate of drug-likeness (QED) is 0.0581. The molecule has 8 saturated heterocycles. The summed E-state index contributed by atoms with van der Waals surface area (Å²) in [5, 5.41) is 53.9. The monoisotopic (exact) mass is 1550 g/mol. The number of rotatable bonds is 22. The van der Waals surface area contributed by atoms with E-state index in [2.05, 4.69) is 51.7 Å². The normalized spacial score (nSPS) is 23.9. The van der Waals surface area contributed by atoms with Crippen LogP contribution in [0.3, 0.4) is 0 Å². The molecule has 0 aromatic carbocycles. The summed E-state index contributed by atoms with van der Waals surface area (Å²) < 4.78 is 25.9. The van der Waals surface area contributed by atoms with E-state index >= 15 is 0 Å². The predicted octanol–water partition coefficient (Wildman–Crippen LogP) is -0.622. The molecule has 3 aromatic heterocycles. The van der Waals surface area contributed by atoms with Gasteiger partial charge in [-0.3, -0.25) is 62.5 Å². The Hall–Kier alpha value is -9.99. The highest BCUT2D eigenvalue weighted by Gasteiger charge is 2.64. The van der Waals surface area contributed by atoms with E-state index in [1.54, 1.807) is 65.2 Å². The van der Waals surface area contributed by atoms with E-state index in [9.17, 15) is 77.6 Å². The fourth-order valence-electron chi connectivity index (χ4n) is 14.9. The van der Waals surface area contributed by atoms with Gasteiger partial charge >= 0.3 is 12.2 Å². The Balaban J connectivity index is 0.000000185. The second kappa shape index (κ2) is 34.5. The smallest absolute Gasteiger partial charge is 0.411 e. The van der Waals surface area contributed by atoms with Crippen molar-refractivity contribution < 1.29 is 101 Å². The summed E-state index contributed by atoms with van der Waals surface area (Å²) in [4.78, 5) is 181. The Kier molecular flexibility index (Phi) is 26.9. The molecule has 11 atom stereocenters. The fourth-order valence-corrected chi connectivity index (χ4v) is 14.9. The van der Waals surface area contributed by atoms with E-state index < -0.39 is 112 Å². The van der Waals surface area contributed by atoms with Crippen molar-refractivity contribution >= 4 is 77.2 Å². The molecule has 4 spiro atoms. The Morgan fingerprint density at radius 3 is 1.07 bits per heavy atom. The fraction of sp³-hybridized carbons (Fsp3) is 0.729. The van der Waals surface area contributed by atoms with Crippen LogP contribution in [0.25, 0.3) is 0 Å². The van der Waals surface area contributed by atoms with Crippen molar-refractivity contribution in [3.8, 4) is 0 Å². The van der Waals surface area contributed by atoms with E-state index in [4.69, 9.17) is 28.7 Å². The minimum absolute atomic E-state index is 0.00113. The number of primary amides is 1. The lowest BCUT2D eigenvalue weighted by Gasteiger charge is -2.51. The first kappa shape index (κ1) is 85.6. The maximum absolute atomic E-state index is 12.9. The molecule has 40 heteroatoms. The van der Waals surface area contributed by atoms with Gasteiger partial charge in [0.2, 0.25) is 59.5 Å². The zero-order valence-electron chi connectivity index (χ0n) is 65.2. The van der Waals surface area contributed by atoms with Crippen molar-refractivity contribution in [2.75, 3.05) is 78.5 Å². The number of hydrogen-bond acceptors (Lipinski definition) is 27. The number of hydrogen-bond donors (Lipinski definition) is 8. The number of carbonyl (C=O) groups excluding carboxylic acids is 13. The van der Waals surface area contributed by atoms with Crippen molar-refractivity contribution in [1.29, 1.82) is 0 Å². The van der Waals surface area contributed by atoms with Crippen LogP contribution >= 0.6 is 0 Å². The molecule has 0 saturated carbocycles. The van der Waals surface area contributed by atoms with Gasteiger partial charge in [0.15, 0.2) is 12.7 Å². The summed E-state index contributed by atoms with van der Waals surface area (Å²) >= 11 is 0. The van der Waals surface area contributed by atoms with Crippen molar-refractivity contribution in [1.82, 2.24) is 90.9 Å². The molecule has 8 aliphatic rings. The van der Waals surface area contributed by atoms with Gasteiger partial charge < -0.3 is 94.7 Å². The van der Waals surface area contributed by atoms with E-state index in [1.807, 2.05) is 27.7 Å². The molecule has 0 radical (unpaired) electrons. The number of nitrogens with zero attached hydrogens (tertiary/aromatic N) is 14. The van der Waals surface area contributed by atoms with Crippen LogP contribution < -0.4 is 27.0 Å². The van der Waals surface area contributed by atoms with Crippen LogP contribution in [0.2, 0.25) is 0 Å². The number of β-lactam (4-membered cyclic amide) rings is 4. The Labute approximate surface area is 636 Å². The van der Waals surface area contributed by atoms with Crippen LogP contribution in [0.5, 0.6) is 0 Å². The Morgan fingerprint density at radius 1 is 0.482 bits per heavy atom. The maximum Gasteiger partial charge on any atom is 0.411 e. The van der Waals surface area contributed by atoms with Crippen LogP contribution in [0.1, 0.15) is 191 Å². The number of carbonyl (C=O) groups is 13. The van der Waals surface area contributed by atoms with Gasteiger partial charge in [-0.05, 0) is 120 Å². The van der Waals surface area contributed by atoms with Gasteiger partial charge in [0.05, 0.1) is 70.7 Å². The highest BCUT2D eigenvalue weighted by Crippen LogP contribution is 2.44. The summed E-state index contributed by atoms with van der Waals surface area (Å²) in [6, 6.07) is -3.36. The molecule has 110 heavy (non-hydrogen) atoms. The SMILES string of the molecule is CC(C)C(=O)N1CCCC12CN(CC(=O)NC(C(N)=O)C(C)O)C2=O.CC(C)C(=O)N1CCCC12CN(CC(=O)NC(c1ncno1)C(C)C)C2=O.CC(O)C(NC(=O)CN1CC2(CCCN2C(=O)OC(C)(C)C)C1=O)c1ncno1.CC(O)C(NC(=O)CN1CC2(CCCN2C(=O)OC(C)(C)C)C1=O)c1nnco1. The molecule has 11 unspecified atom stereocenters. The average Bonchev–Trinajstić information content (AvgIpc) is 1.51. The number of aliphatic hydroxyl groups is 3. The third-order valence-corrected chi connectivity index (χ3v) is 20.2. The molecule has 11 rings (SSSR count). The number of aliphatic hydroxyl groups excluding tert-OH is 3. The van der Waals surface area contributed by atoms with E-state index in [0.717, 1.165) is 19.2 Å². The van der Waals surface area contributed by atoms with Crippen LogP contribution in [0, 0.1) is 17.8 Å². The largest absolute Gasteiger partial charge is 0.444 e. The number of amides is 13. The van der Waals surface area contributed by atoms with Gasteiger partial charge in [0.1, 0.15) is 57.5 Å². The predicted molar refractivity (Wildman–Crippen MR) is 380 cm³/mol. The van der Waals surface area contributed by atoms with Crippen LogP contribution in [-0.4, -0.2) is 298 Å². The van der Waals surface area contributed by atoms with Crippen molar-refractivity contribution in [2.24, 2.45) is 23.5 Å². The molecule has 8 aliphatic heterocycles. The molecule has 9 N–H and O–H groups in total. The molecule has 13 amide bonds. The van der Waals surface area contributed by atoms with E-state index in [1.165, 1.54) is 62.8 Å². The average molecular weight is 1550 g/mol. The molecular formula is C70H107N19O21. The summed E-state index contributed by atoms with van der Waals surface area (Å²) in [6.07, 6.45) is 4.80. The van der Waals surface area contributed by atoms with Crippen molar-refractivity contribution in [2.45, 2.75) is 231 Å². The zero-order chi connectivity index (χ0) is 81.5. The Morgan fingerprint density at radius 2 is 0.800 bits per heavy atom. The molecule has 0 bridgehead atoms. The summed E-state index contributed by atoms with van der Waals surface area (Å²) in [7, 11) is 0. The lowest BCUT2D eigenvalue weighted by Crippen LogP contribution is -2.74. The number of likely N-dealkylation sites (tertiary alicyclic amines) is 8. The maximum atomic E-state index is 12.9. The third-order valence-electron chi connectivity index (χ3n) is 20.2. The third kappa shape index (κ3) is 18.9. The molecule has 3 aromatic rings.